The SMILES string of the molecule is CCCON=C(N)NOc1cc(C)cc(OS(=O)(=O)c2ccccc2S(=O)(=O)N(CC(=O)O)CC(=O)O)c1. The lowest BCUT2D eigenvalue weighted by atomic mass is 10.2. The van der Waals surface area contributed by atoms with Gasteiger partial charge in [0.2, 0.25) is 10.0 Å². The fraction of sp³-hybridized carbons (Fsp3) is 0.286. The van der Waals surface area contributed by atoms with Crippen LogP contribution in [0.5, 0.6) is 11.5 Å². The molecule has 0 saturated heterocycles. The van der Waals surface area contributed by atoms with E-state index in [0.717, 1.165) is 18.2 Å². The van der Waals surface area contributed by atoms with Gasteiger partial charge in [-0.25, -0.2) is 8.42 Å². The number of hydrogen-bond acceptors (Lipinski definition) is 10. The average Bonchev–Trinajstić information content (AvgIpc) is 2.81. The lowest BCUT2D eigenvalue weighted by Crippen LogP contribution is -2.39. The zero-order valence-corrected chi connectivity index (χ0v) is 21.9. The Kier molecular flexibility index (Phi) is 10.3. The number of benzene rings is 2. The molecular weight excluding hydrogens is 548 g/mol. The van der Waals surface area contributed by atoms with E-state index in [0.29, 0.717) is 18.6 Å². The van der Waals surface area contributed by atoms with Crippen molar-refractivity contribution in [1.29, 1.82) is 0 Å². The van der Waals surface area contributed by atoms with Gasteiger partial charge >= 0.3 is 22.1 Å². The molecule has 0 bridgehead atoms. The van der Waals surface area contributed by atoms with Crippen molar-refractivity contribution in [3.8, 4) is 11.5 Å². The summed E-state index contributed by atoms with van der Waals surface area (Å²) in [4.78, 5) is 30.7. The van der Waals surface area contributed by atoms with Crippen molar-refractivity contribution < 1.29 is 50.5 Å². The van der Waals surface area contributed by atoms with Crippen LogP contribution in [-0.2, 0) is 34.6 Å². The van der Waals surface area contributed by atoms with Gasteiger partial charge in [0.15, 0.2) is 5.75 Å². The zero-order valence-electron chi connectivity index (χ0n) is 20.2. The molecule has 0 heterocycles. The molecule has 2 aromatic carbocycles. The van der Waals surface area contributed by atoms with E-state index < -0.39 is 55.0 Å². The van der Waals surface area contributed by atoms with E-state index in [4.69, 9.17) is 29.8 Å². The Balaban J connectivity index is 2.39. The topological polar surface area (TPSA) is 224 Å². The summed E-state index contributed by atoms with van der Waals surface area (Å²) in [5, 5.41) is 21.6. The number of nitrogens with zero attached hydrogens (tertiary/aromatic N) is 2. The van der Waals surface area contributed by atoms with Crippen LogP contribution in [0.15, 0.2) is 57.4 Å². The van der Waals surface area contributed by atoms with Gasteiger partial charge in [0, 0.05) is 6.07 Å². The number of hydrogen-bond donors (Lipinski definition) is 4. The highest BCUT2D eigenvalue weighted by Gasteiger charge is 2.34. The normalized spacial score (nSPS) is 12.1. The van der Waals surface area contributed by atoms with Crippen LogP contribution >= 0.6 is 0 Å². The molecule has 0 aliphatic rings. The standard InChI is InChI=1S/C21H26N4O11S2/c1-3-8-34-23-21(22)24-35-15-9-14(2)10-16(11-15)36-38(32,33)18-7-5-4-6-17(18)37(30,31)25(12-19(26)27)13-20(28)29/h4-7,9-11H,3,8,12-13H2,1-2H3,(H,26,27)(H,28,29)(H3,22,23,24). The largest absolute Gasteiger partial charge is 0.480 e. The van der Waals surface area contributed by atoms with Gasteiger partial charge in [0.05, 0.1) is 0 Å². The van der Waals surface area contributed by atoms with Crippen LogP contribution in [0.25, 0.3) is 0 Å². The number of nitrogens with two attached hydrogens (primary N) is 1. The summed E-state index contributed by atoms with van der Waals surface area (Å²) in [6, 6.07) is 8.20. The maximum atomic E-state index is 13.1. The van der Waals surface area contributed by atoms with Crippen LogP contribution in [0, 0.1) is 6.92 Å². The maximum Gasteiger partial charge on any atom is 0.340 e. The summed E-state index contributed by atoms with van der Waals surface area (Å²) in [7, 11) is -9.75. The molecule has 15 nitrogen and oxygen atoms in total. The fourth-order valence-corrected chi connectivity index (χ4v) is 5.90. The van der Waals surface area contributed by atoms with Crippen molar-refractivity contribution in [2.75, 3.05) is 19.7 Å². The second-order valence-corrected chi connectivity index (χ2v) is 11.0. The van der Waals surface area contributed by atoms with Gasteiger partial charge in [-0.3, -0.25) is 9.59 Å². The van der Waals surface area contributed by atoms with E-state index in [-0.39, 0.29) is 21.8 Å². The minimum Gasteiger partial charge on any atom is -0.480 e. The molecule has 0 aromatic heterocycles. The van der Waals surface area contributed by atoms with Crippen LogP contribution in [-0.4, -0.2) is 68.9 Å². The molecule has 0 radical (unpaired) electrons. The second kappa shape index (κ2) is 12.9. The summed E-state index contributed by atoms with van der Waals surface area (Å²) in [6.45, 7) is 1.36. The molecule has 208 valence electrons. The Labute approximate surface area is 218 Å². The lowest BCUT2D eigenvalue weighted by molar-refractivity contribution is -0.139. The maximum absolute atomic E-state index is 13.1. The number of carbonyl (C=O) groups is 2. The number of sulfonamides is 1. The third-order valence-corrected chi connectivity index (χ3v) is 7.61. The highest BCUT2D eigenvalue weighted by atomic mass is 32.2. The minimum absolute atomic E-state index is 0.0545. The van der Waals surface area contributed by atoms with Gasteiger partial charge in [-0.05, 0) is 48.3 Å². The highest BCUT2D eigenvalue weighted by molar-refractivity contribution is 7.91. The number of nitrogens with one attached hydrogen (secondary N) is 1. The summed E-state index contributed by atoms with van der Waals surface area (Å²) < 4.78 is 57.7. The van der Waals surface area contributed by atoms with Crippen molar-refractivity contribution in [2.24, 2.45) is 10.9 Å². The molecule has 0 atom stereocenters. The molecular formula is C21H26N4O11S2. The molecule has 17 heteroatoms. The van der Waals surface area contributed by atoms with Crippen LogP contribution in [0.1, 0.15) is 18.9 Å². The predicted molar refractivity (Wildman–Crippen MR) is 131 cm³/mol. The number of guanidine groups is 1. The third kappa shape index (κ3) is 8.49. The summed E-state index contributed by atoms with van der Waals surface area (Å²) in [6.07, 6.45) is 0.701. The van der Waals surface area contributed by atoms with E-state index >= 15 is 0 Å². The van der Waals surface area contributed by atoms with E-state index in [1.807, 2.05) is 6.92 Å². The van der Waals surface area contributed by atoms with Gasteiger partial charge in [-0.1, -0.05) is 19.1 Å². The van der Waals surface area contributed by atoms with E-state index in [9.17, 15) is 26.4 Å². The molecule has 2 aromatic rings. The molecule has 2 rings (SSSR count). The molecule has 0 fully saturated rings. The molecule has 38 heavy (non-hydrogen) atoms. The summed E-state index contributed by atoms with van der Waals surface area (Å²) in [5.74, 6) is -3.72. The quantitative estimate of drug-likeness (QED) is 0.0792. The average molecular weight is 575 g/mol. The number of oxime groups is 1. The van der Waals surface area contributed by atoms with Crippen LogP contribution in [0.3, 0.4) is 0 Å². The van der Waals surface area contributed by atoms with Crippen molar-refractivity contribution in [2.45, 2.75) is 30.1 Å². The van der Waals surface area contributed by atoms with Gasteiger partial charge in [-0.2, -0.15) is 18.2 Å². The van der Waals surface area contributed by atoms with E-state index in [1.165, 1.54) is 24.3 Å². The monoisotopic (exact) mass is 574 g/mol. The molecule has 0 aliphatic carbocycles. The van der Waals surface area contributed by atoms with E-state index in [1.54, 1.807) is 6.92 Å². The van der Waals surface area contributed by atoms with Gasteiger partial charge < -0.3 is 29.8 Å². The third-order valence-electron chi connectivity index (χ3n) is 4.32. The van der Waals surface area contributed by atoms with Gasteiger partial charge in [0.1, 0.15) is 35.2 Å². The first-order valence-electron chi connectivity index (χ1n) is 10.7. The number of carboxylic acid groups (broad SMARTS) is 2. The molecule has 0 unspecified atom stereocenters. The first-order valence-corrected chi connectivity index (χ1v) is 13.6. The first-order chi connectivity index (χ1) is 17.8. The van der Waals surface area contributed by atoms with Gasteiger partial charge in [0.25, 0.3) is 5.96 Å². The highest BCUT2D eigenvalue weighted by Crippen LogP contribution is 2.29. The molecule has 5 N–H and O–H groups in total. The van der Waals surface area contributed by atoms with Crippen LogP contribution in [0.2, 0.25) is 0 Å². The number of aryl methyl sites for hydroxylation is 1. The number of carboxylic acids is 2. The molecule has 0 saturated carbocycles. The Hall–Kier alpha value is -4.09. The van der Waals surface area contributed by atoms with Crippen LogP contribution in [0.4, 0.5) is 0 Å². The summed E-state index contributed by atoms with van der Waals surface area (Å²) in [5.41, 5.74) is 8.37. The Morgan fingerprint density at radius 2 is 1.58 bits per heavy atom. The second-order valence-electron chi connectivity index (χ2n) is 7.54. The number of rotatable bonds is 14. The van der Waals surface area contributed by atoms with Crippen LogP contribution < -0.4 is 20.2 Å². The Bertz CT molecular complexity index is 1390. The summed E-state index contributed by atoms with van der Waals surface area (Å²) >= 11 is 0. The fourth-order valence-electron chi connectivity index (χ4n) is 2.87. The Morgan fingerprint density at radius 1 is 1.00 bits per heavy atom. The minimum atomic E-state index is -4.90. The number of hydroxylamine groups is 1. The van der Waals surface area contributed by atoms with Crippen molar-refractivity contribution in [1.82, 2.24) is 9.79 Å². The molecule has 0 aliphatic heterocycles. The molecule has 0 amide bonds. The zero-order chi connectivity index (χ0) is 28.5. The first kappa shape index (κ1) is 30.1. The van der Waals surface area contributed by atoms with Gasteiger partial charge in [-0.15, -0.1) is 0 Å². The predicted octanol–water partition coefficient (Wildman–Crippen LogP) is 0.462. The Morgan fingerprint density at radius 3 is 2.16 bits per heavy atom. The van der Waals surface area contributed by atoms with E-state index in [2.05, 4.69) is 10.6 Å². The van der Waals surface area contributed by atoms with Crippen molar-refractivity contribution in [3.63, 3.8) is 0 Å². The molecule has 0 spiro atoms. The smallest absolute Gasteiger partial charge is 0.340 e. The lowest BCUT2D eigenvalue weighted by Gasteiger charge is -2.20. The van der Waals surface area contributed by atoms with Crippen molar-refractivity contribution >= 4 is 38.0 Å². The van der Waals surface area contributed by atoms with Crippen molar-refractivity contribution in [3.05, 3.63) is 48.0 Å². The number of aliphatic carboxylic acids is 2.